The van der Waals surface area contributed by atoms with Gasteiger partial charge in [0, 0.05) is 0 Å². The minimum Gasteiger partial charge on any atom is -0.497 e. The summed E-state index contributed by atoms with van der Waals surface area (Å²) in [6.45, 7) is 0.634. The highest BCUT2D eigenvalue weighted by Crippen LogP contribution is 2.38. The van der Waals surface area contributed by atoms with E-state index < -0.39 is 0 Å². The fraction of sp³-hybridized carbons (Fsp3) is 0.381. The number of ether oxygens (including phenoxy) is 1. The zero-order valence-electron chi connectivity index (χ0n) is 14.6. The van der Waals surface area contributed by atoms with E-state index in [1.54, 1.807) is 7.11 Å². The Morgan fingerprint density at radius 1 is 1.20 bits per heavy atom. The van der Waals surface area contributed by atoms with Gasteiger partial charge in [-0.3, -0.25) is 4.99 Å². The summed E-state index contributed by atoms with van der Waals surface area (Å²) in [7, 11) is 1.69. The van der Waals surface area contributed by atoms with E-state index in [1.807, 2.05) is 24.3 Å². The molecule has 128 valence electrons. The third-order valence-electron chi connectivity index (χ3n) is 5.13. The quantitative estimate of drug-likeness (QED) is 0.873. The van der Waals surface area contributed by atoms with Crippen molar-refractivity contribution in [2.75, 3.05) is 17.7 Å². The Bertz CT molecular complexity index is 778. The van der Waals surface area contributed by atoms with Gasteiger partial charge in [-0.05, 0) is 48.7 Å². The second-order valence-electron chi connectivity index (χ2n) is 6.80. The number of anilines is 2. The first-order chi connectivity index (χ1) is 12.3. The van der Waals surface area contributed by atoms with Gasteiger partial charge in [0.05, 0.1) is 24.9 Å². The molecule has 4 heteroatoms. The van der Waals surface area contributed by atoms with Gasteiger partial charge in [-0.1, -0.05) is 37.5 Å². The molecule has 1 saturated carbocycles. The lowest BCUT2D eigenvalue weighted by Gasteiger charge is -2.43. The Labute approximate surface area is 149 Å². The second kappa shape index (κ2) is 6.68. The number of hydrogen-bond donors (Lipinski definition) is 2. The third kappa shape index (κ3) is 3.15. The van der Waals surface area contributed by atoms with Crippen LogP contribution in [0.15, 0.2) is 41.4 Å². The van der Waals surface area contributed by atoms with Crippen molar-refractivity contribution in [3.8, 4) is 5.75 Å². The van der Waals surface area contributed by atoms with Crippen LogP contribution in [0.3, 0.4) is 0 Å². The molecule has 0 aromatic heterocycles. The van der Waals surface area contributed by atoms with Crippen LogP contribution in [0.25, 0.3) is 0 Å². The molecule has 0 unspecified atom stereocenters. The maximum absolute atomic E-state index is 5.32. The molecule has 0 amide bonds. The molecule has 1 spiro atoms. The normalized spacial score (nSPS) is 19.5. The van der Waals surface area contributed by atoms with E-state index in [0.717, 1.165) is 41.4 Å². The molecule has 4 nitrogen and oxygen atoms in total. The van der Waals surface area contributed by atoms with Gasteiger partial charge in [0.15, 0.2) is 0 Å². The number of nitrogens with zero attached hydrogens (tertiary/aromatic N) is 1. The number of amidine groups is 1. The van der Waals surface area contributed by atoms with E-state index in [-0.39, 0.29) is 5.54 Å². The highest BCUT2D eigenvalue weighted by molar-refractivity contribution is 6.09. The molecule has 1 aliphatic carbocycles. The topological polar surface area (TPSA) is 45.6 Å². The number of methoxy groups -OCH3 is 1. The molecular weight excluding hydrogens is 310 g/mol. The largest absolute Gasteiger partial charge is 0.497 e. The summed E-state index contributed by atoms with van der Waals surface area (Å²) in [4.78, 5) is 4.96. The SMILES string of the molecule is COc1cccc(CN=C2Nc3c#cccc3NC23CCCCC3)c1. The summed E-state index contributed by atoms with van der Waals surface area (Å²) in [5.41, 5.74) is 3.09. The minimum absolute atomic E-state index is 0.0840. The summed E-state index contributed by atoms with van der Waals surface area (Å²) in [5.74, 6) is 1.89. The average molecular weight is 333 g/mol. The van der Waals surface area contributed by atoms with Crippen LogP contribution in [0.4, 0.5) is 11.4 Å². The second-order valence-corrected chi connectivity index (χ2v) is 6.80. The van der Waals surface area contributed by atoms with Crippen molar-refractivity contribution >= 4 is 17.2 Å². The van der Waals surface area contributed by atoms with Gasteiger partial charge in [-0.15, -0.1) is 0 Å². The van der Waals surface area contributed by atoms with E-state index in [9.17, 15) is 0 Å². The standard InChI is InChI=1S/C21H23N3O/c1-25-17-9-7-8-16(14-17)15-22-20-21(12-5-2-6-13-21)24-19-11-4-3-10-18(19)23-20/h4,7-9,11,14,24H,2,5-6,12-13,15H2,1H3,(H,22,23). The highest BCUT2D eigenvalue weighted by Gasteiger charge is 2.40. The number of rotatable bonds is 3. The van der Waals surface area contributed by atoms with Crippen LogP contribution < -0.4 is 15.4 Å². The van der Waals surface area contributed by atoms with Crippen LogP contribution in [0, 0.1) is 12.1 Å². The molecule has 2 aliphatic rings. The molecule has 2 aromatic carbocycles. The van der Waals surface area contributed by atoms with Crippen molar-refractivity contribution in [2.45, 2.75) is 44.2 Å². The molecule has 1 fully saturated rings. The van der Waals surface area contributed by atoms with Crippen LogP contribution in [-0.4, -0.2) is 18.5 Å². The van der Waals surface area contributed by atoms with Crippen molar-refractivity contribution in [1.82, 2.24) is 0 Å². The van der Waals surface area contributed by atoms with Gasteiger partial charge in [-0.2, -0.15) is 0 Å². The first kappa shape index (κ1) is 15.8. The van der Waals surface area contributed by atoms with Gasteiger partial charge < -0.3 is 15.4 Å². The lowest BCUT2D eigenvalue weighted by molar-refractivity contribution is 0.402. The Hall–Kier alpha value is -2.67. The van der Waals surface area contributed by atoms with Crippen LogP contribution in [0.1, 0.15) is 37.7 Å². The number of aliphatic imine (C=N–C) groups is 1. The van der Waals surface area contributed by atoms with Crippen LogP contribution in [0.5, 0.6) is 5.75 Å². The van der Waals surface area contributed by atoms with Gasteiger partial charge in [0.2, 0.25) is 0 Å². The van der Waals surface area contributed by atoms with E-state index in [1.165, 1.54) is 19.3 Å². The van der Waals surface area contributed by atoms with Crippen molar-refractivity contribution < 1.29 is 4.74 Å². The highest BCUT2D eigenvalue weighted by atomic mass is 16.5. The number of nitrogens with one attached hydrogen (secondary N) is 2. The van der Waals surface area contributed by atoms with Gasteiger partial charge in [-0.25, -0.2) is 0 Å². The fourth-order valence-electron chi connectivity index (χ4n) is 3.80. The fourth-order valence-corrected chi connectivity index (χ4v) is 3.80. The minimum atomic E-state index is -0.0840. The van der Waals surface area contributed by atoms with Gasteiger partial charge in [0.25, 0.3) is 0 Å². The summed E-state index contributed by atoms with van der Waals surface area (Å²) in [6.07, 6.45) is 5.97. The van der Waals surface area contributed by atoms with Gasteiger partial charge in [0.1, 0.15) is 17.3 Å². The number of benzene rings is 1. The monoisotopic (exact) mass is 333 g/mol. The molecule has 2 aromatic rings. The van der Waals surface area contributed by atoms with E-state index in [0.29, 0.717) is 6.54 Å². The number of fused-ring (bicyclic) bond motifs is 1. The molecule has 2 N–H and O–H groups in total. The maximum atomic E-state index is 5.32. The number of hydrogen-bond acceptors (Lipinski definition) is 3. The van der Waals surface area contributed by atoms with Crippen molar-refractivity contribution in [2.24, 2.45) is 4.99 Å². The Morgan fingerprint density at radius 3 is 2.92 bits per heavy atom. The first-order valence-corrected chi connectivity index (χ1v) is 8.94. The summed E-state index contributed by atoms with van der Waals surface area (Å²) in [5, 5.41) is 7.28. The molecule has 0 saturated heterocycles. The van der Waals surface area contributed by atoms with Crippen LogP contribution in [-0.2, 0) is 6.54 Å². The third-order valence-corrected chi connectivity index (χ3v) is 5.13. The zero-order valence-corrected chi connectivity index (χ0v) is 14.6. The first-order valence-electron chi connectivity index (χ1n) is 8.94. The Balaban J connectivity index is 1.65. The Morgan fingerprint density at radius 2 is 2.08 bits per heavy atom. The molecule has 25 heavy (non-hydrogen) atoms. The predicted octanol–water partition coefficient (Wildman–Crippen LogP) is 4.43. The summed E-state index contributed by atoms with van der Waals surface area (Å²) in [6, 6.07) is 18.2. The van der Waals surface area contributed by atoms with Crippen LogP contribution in [0.2, 0.25) is 0 Å². The average Bonchev–Trinajstić information content (AvgIpc) is 2.67. The van der Waals surface area contributed by atoms with Crippen molar-refractivity contribution in [3.05, 3.63) is 54.1 Å². The van der Waals surface area contributed by atoms with E-state index in [2.05, 4.69) is 34.9 Å². The zero-order chi connectivity index (χ0) is 17.1. The van der Waals surface area contributed by atoms with E-state index >= 15 is 0 Å². The summed E-state index contributed by atoms with van der Waals surface area (Å²) < 4.78 is 5.32. The van der Waals surface area contributed by atoms with E-state index in [4.69, 9.17) is 9.73 Å². The Kier molecular flexibility index (Phi) is 4.23. The summed E-state index contributed by atoms with van der Waals surface area (Å²) >= 11 is 0. The molecule has 0 radical (unpaired) electrons. The van der Waals surface area contributed by atoms with Crippen molar-refractivity contribution in [3.63, 3.8) is 0 Å². The smallest absolute Gasteiger partial charge is 0.128 e. The van der Waals surface area contributed by atoms with Crippen molar-refractivity contribution in [1.29, 1.82) is 0 Å². The molecule has 0 bridgehead atoms. The maximum Gasteiger partial charge on any atom is 0.128 e. The van der Waals surface area contributed by atoms with Gasteiger partial charge >= 0.3 is 0 Å². The van der Waals surface area contributed by atoms with Crippen LogP contribution >= 0.6 is 0 Å². The lowest BCUT2D eigenvalue weighted by atomic mass is 9.79. The molecular formula is C21H23N3O. The predicted molar refractivity (Wildman–Crippen MR) is 101 cm³/mol. The molecule has 0 atom stereocenters. The lowest BCUT2D eigenvalue weighted by Crippen LogP contribution is -2.53. The molecule has 4 rings (SSSR count). The molecule has 1 heterocycles. The molecule has 1 aliphatic heterocycles.